The lowest BCUT2D eigenvalue weighted by Gasteiger charge is -2.13. The number of nitrogens with zero attached hydrogens (tertiary/aromatic N) is 3. The topological polar surface area (TPSA) is 72.7 Å². The van der Waals surface area contributed by atoms with E-state index in [9.17, 15) is 0 Å². The molecular formula is C21H34IN5O2. The normalized spacial score (nSPS) is 11.3. The first-order chi connectivity index (χ1) is 13.5. The molecule has 1 aromatic carbocycles. The molecule has 0 fully saturated rings. The molecule has 2 rings (SSSR count). The molecular weight excluding hydrogens is 481 g/mol. The molecule has 0 aliphatic carbocycles. The van der Waals surface area contributed by atoms with Crippen LogP contribution >= 0.6 is 24.0 Å². The smallest absolute Gasteiger partial charge is 0.191 e. The van der Waals surface area contributed by atoms with Crippen LogP contribution in [-0.4, -0.2) is 42.6 Å². The summed E-state index contributed by atoms with van der Waals surface area (Å²) in [5.74, 6) is 0.765. The number of hydrogen-bond acceptors (Lipinski definition) is 4. The summed E-state index contributed by atoms with van der Waals surface area (Å²) < 4.78 is 12.8. The lowest BCUT2D eigenvalue weighted by atomic mass is 10.1. The maximum absolute atomic E-state index is 5.65. The van der Waals surface area contributed by atoms with E-state index in [0.717, 1.165) is 29.5 Å². The zero-order chi connectivity index (χ0) is 20.4. The molecule has 0 aliphatic heterocycles. The first-order valence-electron chi connectivity index (χ1n) is 9.72. The van der Waals surface area contributed by atoms with Gasteiger partial charge in [-0.05, 0) is 31.9 Å². The number of hydrogen-bond donors (Lipinski definition) is 2. The fraction of sp³-hybridized carbons (Fsp3) is 0.524. The molecule has 0 spiro atoms. The number of ether oxygens (including phenoxy) is 2. The Morgan fingerprint density at radius 3 is 2.45 bits per heavy atom. The zero-order valence-corrected chi connectivity index (χ0v) is 20.4. The third-order valence-electron chi connectivity index (χ3n) is 4.61. The van der Waals surface area contributed by atoms with Crippen LogP contribution in [0.5, 0.6) is 0 Å². The van der Waals surface area contributed by atoms with E-state index in [-0.39, 0.29) is 24.0 Å². The third kappa shape index (κ3) is 8.31. The van der Waals surface area contributed by atoms with Crippen LogP contribution in [0.25, 0.3) is 0 Å². The van der Waals surface area contributed by atoms with Gasteiger partial charge in [0.05, 0.1) is 25.5 Å². The monoisotopic (exact) mass is 515 g/mol. The van der Waals surface area contributed by atoms with Crippen molar-refractivity contribution >= 4 is 29.9 Å². The van der Waals surface area contributed by atoms with E-state index in [1.54, 1.807) is 7.05 Å². The van der Waals surface area contributed by atoms with Gasteiger partial charge in [0.2, 0.25) is 0 Å². The largest absolute Gasteiger partial charge is 0.379 e. The van der Waals surface area contributed by atoms with Gasteiger partial charge in [0.25, 0.3) is 0 Å². The summed E-state index contributed by atoms with van der Waals surface area (Å²) >= 11 is 0. The molecule has 0 radical (unpaired) electrons. The molecule has 8 heteroatoms. The van der Waals surface area contributed by atoms with Crippen molar-refractivity contribution < 1.29 is 9.47 Å². The second kappa shape index (κ2) is 13.6. The highest BCUT2D eigenvalue weighted by atomic mass is 127. The van der Waals surface area contributed by atoms with E-state index < -0.39 is 0 Å². The minimum Gasteiger partial charge on any atom is -0.379 e. The van der Waals surface area contributed by atoms with Gasteiger partial charge in [0.1, 0.15) is 0 Å². The molecule has 2 N–H and O–H groups in total. The molecule has 0 unspecified atom stereocenters. The van der Waals surface area contributed by atoms with Crippen LogP contribution in [0.15, 0.2) is 29.3 Å². The number of aryl methyl sites for hydroxylation is 2. The lowest BCUT2D eigenvalue weighted by Crippen LogP contribution is -2.36. The van der Waals surface area contributed by atoms with Crippen molar-refractivity contribution in [2.24, 2.45) is 12.0 Å². The van der Waals surface area contributed by atoms with Crippen molar-refractivity contribution in [3.05, 3.63) is 52.3 Å². The van der Waals surface area contributed by atoms with E-state index in [0.29, 0.717) is 32.9 Å². The van der Waals surface area contributed by atoms with E-state index in [4.69, 9.17) is 9.47 Å². The number of nitrogens with one attached hydrogen (secondary N) is 2. The molecule has 0 aliphatic rings. The van der Waals surface area contributed by atoms with Gasteiger partial charge in [0.15, 0.2) is 5.96 Å². The molecule has 162 valence electrons. The average molecular weight is 515 g/mol. The van der Waals surface area contributed by atoms with Gasteiger partial charge in [-0.25, -0.2) is 0 Å². The summed E-state index contributed by atoms with van der Waals surface area (Å²) in [7, 11) is 3.74. The summed E-state index contributed by atoms with van der Waals surface area (Å²) in [5, 5.41) is 11.2. The summed E-state index contributed by atoms with van der Waals surface area (Å²) in [6.07, 6.45) is 0. The molecule has 29 heavy (non-hydrogen) atoms. The van der Waals surface area contributed by atoms with Gasteiger partial charge in [-0.2, -0.15) is 5.10 Å². The predicted octanol–water partition coefficient (Wildman–Crippen LogP) is 3.07. The van der Waals surface area contributed by atoms with Crippen LogP contribution in [0, 0.1) is 13.8 Å². The van der Waals surface area contributed by atoms with Crippen LogP contribution in [0.2, 0.25) is 0 Å². The van der Waals surface area contributed by atoms with E-state index in [1.807, 2.05) is 25.6 Å². The Balaban J connectivity index is 0.00000420. The number of halogens is 1. The van der Waals surface area contributed by atoms with E-state index >= 15 is 0 Å². The minimum absolute atomic E-state index is 0. The van der Waals surface area contributed by atoms with Crippen molar-refractivity contribution in [3.8, 4) is 0 Å². The Hall–Kier alpha value is -1.65. The van der Waals surface area contributed by atoms with Crippen LogP contribution in [0.4, 0.5) is 0 Å². The molecule has 0 saturated heterocycles. The molecule has 1 heterocycles. The van der Waals surface area contributed by atoms with Gasteiger partial charge in [-0.1, -0.05) is 24.3 Å². The SMILES string of the molecule is CCOCCOCc1cccc(CNC(=NC)NCc2c(C)nn(C)c2C)c1.I. The second-order valence-corrected chi connectivity index (χ2v) is 6.62. The highest BCUT2D eigenvalue weighted by Crippen LogP contribution is 2.11. The van der Waals surface area contributed by atoms with Crippen molar-refractivity contribution in [2.75, 3.05) is 26.9 Å². The molecule has 7 nitrogen and oxygen atoms in total. The highest BCUT2D eigenvalue weighted by molar-refractivity contribution is 14.0. The second-order valence-electron chi connectivity index (χ2n) is 6.62. The van der Waals surface area contributed by atoms with E-state index in [2.05, 4.69) is 51.9 Å². The van der Waals surface area contributed by atoms with Crippen LogP contribution in [0.3, 0.4) is 0 Å². The van der Waals surface area contributed by atoms with Crippen LogP contribution in [-0.2, 0) is 36.2 Å². The Labute approximate surface area is 191 Å². The Morgan fingerprint density at radius 1 is 1.10 bits per heavy atom. The zero-order valence-electron chi connectivity index (χ0n) is 18.1. The number of guanidine groups is 1. The summed E-state index contributed by atoms with van der Waals surface area (Å²) in [4.78, 5) is 4.31. The number of benzene rings is 1. The molecule has 0 atom stereocenters. The summed E-state index contributed by atoms with van der Waals surface area (Å²) in [6.45, 7) is 10.0. The Bertz CT molecular complexity index is 776. The van der Waals surface area contributed by atoms with Gasteiger partial charge in [-0.3, -0.25) is 9.67 Å². The lowest BCUT2D eigenvalue weighted by molar-refractivity contribution is 0.0453. The molecule has 0 saturated carbocycles. The highest BCUT2D eigenvalue weighted by Gasteiger charge is 2.09. The van der Waals surface area contributed by atoms with E-state index in [1.165, 1.54) is 11.1 Å². The maximum Gasteiger partial charge on any atom is 0.191 e. The molecule has 0 bridgehead atoms. The summed E-state index contributed by atoms with van der Waals surface area (Å²) in [5.41, 5.74) is 5.75. The summed E-state index contributed by atoms with van der Waals surface area (Å²) in [6, 6.07) is 8.37. The predicted molar refractivity (Wildman–Crippen MR) is 128 cm³/mol. The maximum atomic E-state index is 5.65. The number of rotatable bonds is 10. The quantitative estimate of drug-likeness (QED) is 0.220. The number of aromatic nitrogens is 2. The first-order valence-corrected chi connectivity index (χ1v) is 9.72. The van der Waals surface area contributed by atoms with Crippen molar-refractivity contribution in [1.82, 2.24) is 20.4 Å². The van der Waals surface area contributed by atoms with Crippen molar-refractivity contribution in [3.63, 3.8) is 0 Å². The minimum atomic E-state index is 0. The Morgan fingerprint density at radius 2 is 1.79 bits per heavy atom. The third-order valence-corrected chi connectivity index (χ3v) is 4.61. The standard InChI is InChI=1S/C21H33N5O2.HI/c1-6-27-10-11-28-15-19-9-7-8-18(12-19)13-23-21(22-4)24-14-20-16(2)25-26(5)17(20)3;/h7-9,12H,6,10-11,13-15H2,1-5H3,(H2,22,23,24);1H. The molecule has 1 aromatic heterocycles. The van der Waals surface area contributed by atoms with Crippen LogP contribution < -0.4 is 10.6 Å². The van der Waals surface area contributed by atoms with Gasteiger partial charge < -0.3 is 20.1 Å². The Kier molecular flexibility index (Phi) is 11.9. The number of aliphatic imine (C=N–C) groups is 1. The molecule has 0 amide bonds. The van der Waals surface area contributed by atoms with Gasteiger partial charge in [-0.15, -0.1) is 24.0 Å². The van der Waals surface area contributed by atoms with Gasteiger partial charge >= 0.3 is 0 Å². The van der Waals surface area contributed by atoms with Crippen molar-refractivity contribution in [1.29, 1.82) is 0 Å². The fourth-order valence-electron chi connectivity index (χ4n) is 2.93. The van der Waals surface area contributed by atoms with Crippen molar-refractivity contribution in [2.45, 2.75) is 40.5 Å². The van der Waals surface area contributed by atoms with Crippen LogP contribution in [0.1, 0.15) is 35.0 Å². The fourth-order valence-corrected chi connectivity index (χ4v) is 2.93. The average Bonchev–Trinajstić information content (AvgIpc) is 2.94. The first kappa shape index (κ1) is 25.4. The molecule has 2 aromatic rings. The van der Waals surface area contributed by atoms with Gasteiger partial charge in [0, 0.05) is 45.0 Å².